The molecule has 2 aliphatic carbocycles. The average Bonchev–Trinajstić information content (AvgIpc) is 3.14. The predicted octanol–water partition coefficient (Wildman–Crippen LogP) is 4.53. The van der Waals surface area contributed by atoms with Crippen LogP contribution in [0.4, 0.5) is 17.6 Å². The highest BCUT2D eigenvalue weighted by molar-refractivity contribution is 9.09. The van der Waals surface area contributed by atoms with E-state index in [1.54, 1.807) is 6.92 Å². The van der Waals surface area contributed by atoms with Crippen LogP contribution in [0.2, 0.25) is 0 Å². The summed E-state index contributed by atoms with van der Waals surface area (Å²) in [5, 5.41) is 22.3. The van der Waals surface area contributed by atoms with Gasteiger partial charge >= 0.3 is 6.18 Å². The molecule has 0 radical (unpaired) electrons. The van der Waals surface area contributed by atoms with Crippen LogP contribution < -0.4 is 10.8 Å². The Morgan fingerprint density at radius 2 is 2.09 bits per heavy atom. The van der Waals surface area contributed by atoms with Crippen molar-refractivity contribution in [2.45, 2.75) is 80.0 Å². The van der Waals surface area contributed by atoms with Gasteiger partial charge in [0.15, 0.2) is 11.4 Å². The van der Waals surface area contributed by atoms with Crippen LogP contribution in [-0.2, 0) is 9.63 Å². The van der Waals surface area contributed by atoms with Crippen LogP contribution in [0.25, 0.3) is 0 Å². The molecule has 0 aromatic rings. The number of halogens is 7. The smallest absolute Gasteiger partial charge is 0.380 e. The van der Waals surface area contributed by atoms with Crippen LogP contribution in [0, 0.1) is 17.8 Å². The summed E-state index contributed by atoms with van der Waals surface area (Å²) in [4.78, 5) is 18.1. The lowest BCUT2D eigenvalue weighted by molar-refractivity contribution is -0.280. The number of nitrogens with one attached hydrogen (secondary N) is 2. The molecule has 13 heteroatoms. The van der Waals surface area contributed by atoms with Gasteiger partial charge in [0.1, 0.15) is 18.3 Å². The number of aliphatic hydroxyl groups excluding tert-OH is 1. The largest absolute Gasteiger partial charge is 0.417 e. The number of alkyl halides is 5. The fraction of sp³-hybridized carbons (Fsp3) is 0.762. The summed E-state index contributed by atoms with van der Waals surface area (Å²) in [5.41, 5.74) is -0.537. The first kappa shape index (κ1) is 28.3. The van der Waals surface area contributed by atoms with Crippen molar-refractivity contribution in [3.63, 3.8) is 0 Å². The summed E-state index contributed by atoms with van der Waals surface area (Å²) in [7, 11) is 0. The summed E-state index contributed by atoms with van der Waals surface area (Å²) in [6.07, 6.45) is -6.21. The summed E-state index contributed by atoms with van der Waals surface area (Å²) in [6, 6.07) is 0. The molecule has 0 bridgehead atoms. The number of Topliss-reactive ketones (excluding diaryl/α,β-unsaturated/α-hetero) is 1. The Balaban J connectivity index is 1.70. The Kier molecular flexibility index (Phi) is 9.16. The number of allylic oxidation sites excluding steroid dienone is 4. The van der Waals surface area contributed by atoms with Gasteiger partial charge in [-0.15, -0.1) is 11.6 Å². The number of ketones is 1. The topological polar surface area (TPSA) is 90.8 Å². The van der Waals surface area contributed by atoms with E-state index in [1.807, 2.05) is 0 Å². The van der Waals surface area contributed by atoms with E-state index in [0.29, 0.717) is 12.8 Å². The molecule has 0 amide bonds. The minimum absolute atomic E-state index is 0.0578. The van der Waals surface area contributed by atoms with E-state index in [2.05, 4.69) is 26.7 Å². The Labute approximate surface area is 213 Å². The van der Waals surface area contributed by atoms with Gasteiger partial charge in [0.2, 0.25) is 0 Å². The molecule has 0 spiro atoms. The fourth-order valence-electron chi connectivity index (χ4n) is 4.76. The second kappa shape index (κ2) is 11.0. The van der Waals surface area contributed by atoms with Crippen molar-refractivity contribution in [2.75, 3.05) is 0 Å². The van der Waals surface area contributed by atoms with Gasteiger partial charge in [0, 0.05) is 24.7 Å². The molecule has 1 aliphatic heterocycles. The molecule has 4 N–H and O–H groups in total. The van der Waals surface area contributed by atoms with E-state index >= 15 is 0 Å². The number of hydroxylamine groups is 1. The number of carbonyl (C=O) groups is 1. The molecule has 1 saturated heterocycles. The second-order valence-corrected chi connectivity index (χ2v) is 11.3. The maximum absolute atomic E-state index is 14.0. The molecule has 3 unspecified atom stereocenters. The van der Waals surface area contributed by atoms with Crippen molar-refractivity contribution in [3.8, 4) is 0 Å². The normalized spacial score (nSPS) is 35.6. The van der Waals surface area contributed by atoms with Crippen LogP contribution in [0.15, 0.2) is 22.5 Å². The Hall–Kier alpha value is -0.270. The van der Waals surface area contributed by atoms with E-state index in [9.17, 15) is 32.6 Å². The SMILES string of the molecule is C[C@@H]1C=C(C(=O)CC(O)([C@H]2CC(Cl)=C(F)[C@@H](Cl)C2)C(F)(F)F)CCC1[C@H](O)NC1C[C@@H](Br)NO1. The van der Waals surface area contributed by atoms with Gasteiger partial charge in [0.05, 0.1) is 15.4 Å². The second-order valence-electron chi connectivity index (χ2n) is 9.17. The minimum atomic E-state index is -5.15. The molecule has 34 heavy (non-hydrogen) atoms. The molecule has 1 heterocycles. The quantitative estimate of drug-likeness (QED) is 0.149. The molecule has 0 saturated carbocycles. The van der Waals surface area contributed by atoms with Gasteiger partial charge in [-0.2, -0.15) is 18.7 Å². The zero-order chi connectivity index (χ0) is 25.4. The van der Waals surface area contributed by atoms with Crippen LogP contribution in [0.1, 0.15) is 45.4 Å². The molecule has 3 aliphatic rings. The van der Waals surface area contributed by atoms with Crippen LogP contribution in [0.3, 0.4) is 0 Å². The lowest BCUT2D eigenvalue weighted by Crippen LogP contribution is -2.54. The van der Waals surface area contributed by atoms with Crippen molar-refractivity contribution >= 4 is 44.9 Å². The molecular formula is C21H27BrCl2F4N2O4. The Morgan fingerprint density at radius 1 is 1.41 bits per heavy atom. The molecular weight excluding hydrogens is 571 g/mol. The Bertz CT molecular complexity index is 846. The molecule has 3 rings (SSSR count). The van der Waals surface area contributed by atoms with Crippen molar-refractivity contribution in [2.24, 2.45) is 17.8 Å². The summed E-state index contributed by atoms with van der Waals surface area (Å²) in [5.74, 6) is -3.95. The van der Waals surface area contributed by atoms with E-state index < -0.39 is 71.4 Å². The third-order valence-corrected chi connectivity index (χ3v) is 8.08. The van der Waals surface area contributed by atoms with Crippen molar-refractivity contribution < 1.29 is 37.4 Å². The zero-order valence-corrected chi connectivity index (χ0v) is 21.3. The molecule has 6 nitrogen and oxygen atoms in total. The minimum Gasteiger partial charge on any atom is -0.380 e. The van der Waals surface area contributed by atoms with Gasteiger partial charge in [-0.3, -0.25) is 14.9 Å². The van der Waals surface area contributed by atoms with E-state index in [-0.39, 0.29) is 28.8 Å². The van der Waals surface area contributed by atoms with Crippen LogP contribution >= 0.6 is 39.1 Å². The van der Waals surface area contributed by atoms with Gasteiger partial charge in [-0.05, 0) is 37.2 Å². The lowest BCUT2D eigenvalue weighted by Gasteiger charge is -2.40. The predicted molar refractivity (Wildman–Crippen MR) is 121 cm³/mol. The maximum Gasteiger partial charge on any atom is 0.417 e. The maximum atomic E-state index is 14.0. The van der Waals surface area contributed by atoms with Gasteiger partial charge in [-0.25, -0.2) is 4.39 Å². The monoisotopic (exact) mass is 596 g/mol. The summed E-state index contributed by atoms with van der Waals surface area (Å²) in [6.45, 7) is 1.76. The lowest BCUT2D eigenvalue weighted by atomic mass is 9.73. The number of hydrogen-bond acceptors (Lipinski definition) is 6. The van der Waals surface area contributed by atoms with Gasteiger partial charge < -0.3 is 10.2 Å². The van der Waals surface area contributed by atoms with Crippen molar-refractivity contribution in [1.82, 2.24) is 10.8 Å². The number of aliphatic hydroxyl groups is 2. The van der Waals surface area contributed by atoms with E-state index in [1.165, 1.54) is 6.08 Å². The third kappa shape index (κ3) is 6.16. The van der Waals surface area contributed by atoms with Gasteiger partial charge in [-0.1, -0.05) is 40.5 Å². The molecule has 1 fully saturated rings. The van der Waals surface area contributed by atoms with Crippen molar-refractivity contribution in [3.05, 3.63) is 22.5 Å². The molecule has 0 aromatic heterocycles. The highest BCUT2D eigenvalue weighted by Gasteiger charge is 2.60. The van der Waals surface area contributed by atoms with E-state index in [4.69, 9.17) is 28.0 Å². The number of hydrogen-bond donors (Lipinski definition) is 4. The first-order valence-electron chi connectivity index (χ1n) is 10.9. The average molecular weight is 598 g/mol. The summed E-state index contributed by atoms with van der Waals surface area (Å²) < 4.78 is 55.7. The van der Waals surface area contributed by atoms with E-state index in [0.717, 1.165) is 0 Å². The summed E-state index contributed by atoms with van der Waals surface area (Å²) >= 11 is 14.9. The molecule has 0 aromatic carbocycles. The molecule has 8 atom stereocenters. The van der Waals surface area contributed by atoms with Crippen LogP contribution in [0.5, 0.6) is 0 Å². The zero-order valence-electron chi connectivity index (χ0n) is 18.2. The standard InChI is InChI=1S/C21H27BrCl2F4N2O4/c1-9-4-10(2-3-12(9)19(32)29-17-7-16(22)30-34-17)15(31)8-20(33,21(26,27)28)11-5-13(23)18(25)14(24)6-11/h4,9,11-13,16-17,19,29-30,32-33H,2-3,5-8H2,1H3/t9-,11-,12?,13+,16+,17?,19+,20?/m1/s1. The number of rotatable bonds is 7. The Morgan fingerprint density at radius 3 is 2.62 bits per heavy atom. The fourth-order valence-corrected chi connectivity index (χ4v) is 5.93. The first-order valence-corrected chi connectivity index (χ1v) is 12.7. The van der Waals surface area contributed by atoms with Crippen molar-refractivity contribution in [1.29, 1.82) is 0 Å². The first-order chi connectivity index (χ1) is 15.7. The van der Waals surface area contributed by atoms with Gasteiger partial charge in [0.25, 0.3) is 0 Å². The third-order valence-electron chi connectivity index (χ3n) is 6.81. The number of carbonyl (C=O) groups excluding carboxylic acids is 1. The highest BCUT2D eigenvalue weighted by atomic mass is 79.9. The van der Waals surface area contributed by atoms with Crippen LogP contribution in [-0.4, -0.2) is 50.6 Å². The molecule has 194 valence electrons. The highest BCUT2D eigenvalue weighted by Crippen LogP contribution is 2.49.